The van der Waals surface area contributed by atoms with Crippen molar-refractivity contribution in [2.75, 3.05) is 13.1 Å². The van der Waals surface area contributed by atoms with Crippen molar-refractivity contribution in [1.82, 2.24) is 16.2 Å². The average Bonchev–Trinajstić information content (AvgIpc) is 2.36. The zero-order valence-corrected chi connectivity index (χ0v) is 6.35. The first kappa shape index (κ1) is 6.58. The first-order chi connectivity index (χ1) is 4.88. The topological polar surface area (TPSA) is 36.1 Å². The summed E-state index contributed by atoms with van der Waals surface area (Å²) in [6.45, 7) is 4.61. The summed E-state index contributed by atoms with van der Waals surface area (Å²) in [6.07, 6.45) is 1.87. The highest BCUT2D eigenvalue weighted by Gasteiger charge is 2.33. The van der Waals surface area contributed by atoms with Gasteiger partial charge in [0, 0.05) is 6.54 Å². The summed E-state index contributed by atoms with van der Waals surface area (Å²) in [5.74, 6) is 1.67. The Balaban J connectivity index is 2.03. The quantitative estimate of drug-likeness (QED) is 0.432. The van der Waals surface area contributed by atoms with Crippen LogP contribution in [0.4, 0.5) is 0 Å². The molecule has 2 heterocycles. The van der Waals surface area contributed by atoms with Gasteiger partial charge in [0.05, 0.1) is 6.17 Å². The van der Waals surface area contributed by atoms with Gasteiger partial charge in [-0.3, -0.25) is 5.43 Å². The molecule has 0 aromatic heterocycles. The number of hydrogen-bond donors (Lipinski definition) is 3. The van der Waals surface area contributed by atoms with Crippen LogP contribution in [0.3, 0.4) is 0 Å². The summed E-state index contributed by atoms with van der Waals surface area (Å²) in [7, 11) is 0. The predicted octanol–water partition coefficient (Wildman–Crippen LogP) is -0.334. The van der Waals surface area contributed by atoms with Crippen LogP contribution >= 0.6 is 0 Å². The van der Waals surface area contributed by atoms with Crippen LogP contribution in [0.15, 0.2) is 0 Å². The minimum atomic E-state index is 0.531. The maximum atomic E-state index is 3.42. The van der Waals surface area contributed by atoms with E-state index in [0.717, 1.165) is 18.4 Å². The molecule has 3 heteroatoms. The summed E-state index contributed by atoms with van der Waals surface area (Å²) < 4.78 is 0. The SMILES string of the molecule is CC1CNNC2NCCC12. The second kappa shape index (κ2) is 2.49. The number of fused-ring (bicyclic) bond motifs is 1. The van der Waals surface area contributed by atoms with Crippen LogP contribution in [-0.4, -0.2) is 19.3 Å². The summed E-state index contributed by atoms with van der Waals surface area (Å²) in [4.78, 5) is 0. The Bertz CT molecular complexity index is 126. The fraction of sp³-hybridized carbons (Fsp3) is 1.00. The van der Waals surface area contributed by atoms with Gasteiger partial charge in [-0.05, 0) is 24.8 Å². The third-order valence-corrected chi connectivity index (χ3v) is 2.68. The molecule has 10 heavy (non-hydrogen) atoms. The molecule has 2 fully saturated rings. The normalized spacial score (nSPS) is 47.1. The fourth-order valence-corrected chi connectivity index (χ4v) is 1.98. The van der Waals surface area contributed by atoms with Crippen LogP contribution < -0.4 is 16.2 Å². The van der Waals surface area contributed by atoms with E-state index in [0.29, 0.717) is 6.17 Å². The lowest BCUT2D eigenvalue weighted by Crippen LogP contribution is -2.56. The lowest BCUT2D eigenvalue weighted by molar-refractivity contribution is 0.193. The Morgan fingerprint density at radius 1 is 1.40 bits per heavy atom. The maximum Gasteiger partial charge on any atom is 0.0736 e. The number of rotatable bonds is 0. The van der Waals surface area contributed by atoms with Crippen LogP contribution in [0.2, 0.25) is 0 Å². The van der Waals surface area contributed by atoms with E-state index in [9.17, 15) is 0 Å². The molecule has 3 N–H and O–H groups in total. The molecular weight excluding hydrogens is 126 g/mol. The molecule has 0 aromatic rings. The van der Waals surface area contributed by atoms with Gasteiger partial charge in [-0.25, -0.2) is 5.43 Å². The molecule has 0 amide bonds. The summed E-state index contributed by atoms with van der Waals surface area (Å²) in [5, 5.41) is 3.42. The molecule has 0 spiro atoms. The number of nitrogens with one attached hydrogen (secondary N) is 3. The van der Waals surface area contributed by atoms with E-state index in [1.54, 1.807) is 0 Å². The molecular formula is C7H15N3. The molecule has 0 aromatic carbocycles. The molecule has 2 aliphatic heterocycles. The van der Waals surface area contributed by atoms with Crippen LogP contribution in [0.5, 0.6) is 0 Å². The molecule has 58 valence electrons. The van der Waals surface area contributed by atoms with E-state index >= 15 is 0 Å². The van der Waals surface area contributed by atoms with E-state index in [1.165, 1.54) is 13.0 Å². The van der Waals surface area contributed by atoms with Gasteiger partial charge in [0.1, 0.15) is 0 Å². The highest BCUT2D eigenvalue weighted by Crippen LogP contribution is 2.23. The first-order valence-corrected chi connectivity index (χ1v) is 4.09. The summed E-state index contributed by atoms with van der Waals surface area (Å²) in [5.41, 5.74) is 6.44. The monoisotopic (exact) mass is 141 g/mol. The molecule has 3 unspecified atom stereocenters. The molecule has 2 aliphatic rings. The van der Waals surface area contributed by atoms with E-state index in [1.807, 2.05) is 0 Å². The highest BCUT2D eigenvalue weighted by atomic mass is 15.4. The van der Waals surface area contributed by atoms with Crippen LogP contribution in [0, 0.1) is 11.8 Å². The lowest BCUT2D eigenvalue weighted by Gasteiger charge is -2.32. The minimum Gasteiger partial charge on any atom is -0.301 e. The largest absolute Gasteiger partial charge is 0.301 e. The van der Waals surface area contributed by atoms with Gasteiger partial charge in [-0.2, -0.15) is 0 Å². The van der Waals surface area contributed by atoms with Crippen LogP contribution in [-0.2, 0) is 0 Å². The molecule has 2 saturated heterocycles. The molecule has 2 rings (SSSR count). The zero-order valence-electron chi connectivity index (χ0n) is 6.35. The van der Waals surface area contributed by atoms with Gasteiger partial charge < -0.3 is 5.32 Å². The van der Waals surface area contributed by atoms with Crippen molar-refractivity contribution >= 4 is 0 Å². The molecule has 3 atom stereocenters. The van der Waals surface area contributed by atoms with Gasteiger partial charge >= 0.3 is 0 Å². The van der Waals surface area contributed by atoms with E-state index < -0.39 is 0 Å². The summed E-state index contributed by atoms with van der Waals surface area (Å²) in [6, 6.07) is 0. The number of hydrazine groups is 1. The van der Waals surface area contributed by atoms with E-state index in [4.69, 9.17) is 0 Å². The molecule has 0 aliphatic carbocycles. The van der Waals surface area contributed by atoms with Crippen molar-refractivity contribution in [2.45, 2.75) is 19.5 Å². The van der Waals surface area contributed by atoms with Gasteiger partial charge in [-0.15, -0.1) is 0 Å². The van der Waals surface area contributed by atoms with Gasteiger partial charge in [-0.1, -0.05) is 6.92 Å². The van der Waals surface area contributed by atoms with Crippen molar-refractivity contribution in [1.29, 1.82) is 0 Å². The highest BCUT2D eigenvalue weighted by molar-refractivity contribution is 4.87. The molecule has 0 saturated carbocycles. The van der Waals surface area contributed by atoms with Crippen molar-refractivity contribution in [3.63, 3.8) is 0 Å². The standard InChI is InChI=1S/C7H15N3/c1-5-4-9-10-7-6(5)2-3-8-7/h5-10H,2-4H2,1H3. The third-order valence-electron chi connectivity index (χ3n) is 2.68. The van der Waals surface area contributed by atoms with E-state index in [-0.39, 0.29) is 0 Å². The fourth-order valence-electron chi connectivity index (χ4n) is 1.98. The van der Waals surface area contributed by atoms with Crippen molar-refractivity contribution in [3.05, 3.63) is 0 Å². The molecule has 3 nitrogen and oxygen atoms in total. The zero-order chi connectivity index (χ0) is 6.97. The van der Waals surface area contributed by atoms with Crippen LogP contribution in [0.1, 0.15) is 13.3 Å². The number of hydrogen-bond acceptors (Lipinski definition) is 3. The van der Waals surface area contributed by atoms with Crippen molar-refractivity contribution in [2.24, 2.45) is 11.8 Å². The van der Waals surface area contributed by atoms with Crippen LogP contribution in [0.25, 0.3) is 0 Å². The van der Waals surface area contributed by atoms with Crippen molar-refractivity contribution < 1.29 is 0 Å². The Morgan fingerprint density at radius 3 is 3.10 bits per heavy atom. The summed E-state index contributed by atoms with van der Waals surface area (Å²) >= 11 is 0. The predicted molar refractivity (Wildman–Crippen MR) is 40.2 cm³/mol. The van der Waals surface area contributed by atoms with E-state index in [2.05, 4.69) is 23.1 Å². The van der Waals surface area contributed by atoms with Gasteiger partial charge in [0.2, 0.25) is 0 Å². The Kier molecular flexibility index (Phi) is 1.64. The molecule has 0 bridgehead atoms. The third kappa shape index (κ3) is 0.944. The smallest absolute Gasteiger partial charge is 0.0736 e. The Labute approximate surface area is 61.5 Å². The average molecular weight is 141 g/mol. The minimum absolute atomic E-state index is 0.531. The Hall–Kier alpha value is -0.120. The van der Waals surface area contributed by atoms with Gasteiger partial charge in [0.25, 0.3) is 0 Å². The molecule has 0 radical (unpaired) electrons. The first-order valence-electron chi connectivity index (χ1n) is 4.09. The van der Waals surface area contributed by atoms with Crippen molar-refractivity contribution in [3.8, 4) is 0 Å². The Morgan fingerprint density at radius 2 is 2.30 bits per heavy atom. The maximum absolute atomic E-state index is 3.42. The second-order valence-corrected chi connectivity index (χ2v) is 3.39. The van der Waals surface area contributed by atoms with Gasteiger partial charge in [0.15, 0.2) is 0 Å². The second-order valence-electron chi connectivity index (χ2n) is 3.39. The lowest BCUT2D eigenvalue weighted by atomic mass is 9.90.